The van der Waals surface area contributed by atoms with Gasteiger partial charge in [-0.3, -0.25) is 9.59 Å². The number of carbonyl (C=O) groups excluding carboxylic acids is 1. The summed E-state index contributed by atoms with van der Waals surface area (Å²) in [6.45, 7) is 2.29. The van der Waals surface area contributed by atoms with Gasteiger partial charge in [-0.2, -0.15) is 5.10 Å². The van der Waals surface area contributed by atoms with Crippen LogP contribution >= 0.6 is 11.8 Å². The number of Topliss-reactive ketones (excluding diaryl/α,β-unsaturated/α-hetero) is 1. The molecule has 2 heterocycles. The van der Waals surface area contributed by atoms with Crippen molar-refractivity contribution in [1.82, 2.24) is 20.0 Å². The van der Waals surface area contributed by atoms with E-state index in [0.717, 1.165) is 11.1 Å². The summed E-state index contributed by atoms with van der Waals surface area (Å²) in [5.41, 5.74) is 2.92. The molecular weight excluding hydrogens is 448 g/mol. The maximum absolute atomic E-state index is 13.0. The molecule has 0 aliphatic carbocycles. The average molecular weight is 469 g/mol. The Labute approximate surface area is 199 Å². The van der Waals surface area contributed by atoms with Gasteiger partial charge in [0.15, 0.2) is 11.5 Å². The third-order valence-corrected chi connectivity index (χ3v) is 6.17. The first-order valence-electron chi connectivity index (χ1n) is 10.7. The lowest BCUT2D eigenvalue weighted by molar-refractivity contribution is 0.102. The lowest BCUT2D eigenvalue weighted by Gasteiger charge is -2.09. The van der Waals surface area contributed by atoms with Gasteiger partial charge in [-0.1, -0.05) is 90.1 Å². The predicted octanol–water partition coefficient (Wildman–Crippen LogP) is 4.78. The fourth-order valence-corrected chi connectivity index (χ4v) is 4.23. The number of benzene rings is 3. The van der Waals surface area contributed by atoms with Crippen LogP contribution in [0.4, 0.5) is 0 Å². The summed E-state index contributed by atoms with van der Waals surface area (Å²) in [5.74, 6) is 0.347. The minimum Gasteiger partial charge on any atom is -0.409 e. The topological polar surface area (TPSA) is 90.9 Å². The standard InChI is InChI=1S/C26H20N4O3S/c1-17-11-13-19(14-12-17)22(31)16-34-26-28-27-24(33-26)23-20-9-5-6-10-21(20)25(32)30(29-23)15-18-7-3-2-4-8-18/h2-14H,15-16H2,1H3. The molecule has 3 aromatic carbocycles. The number of fused-ring (bicyclic) bond motifs is 1. The molecule has 0 radical (unpaired) electrons. The molecule has 0 aliphatic rings. The Bertz CT molecular complexity index is 1530. The van der Waals surface area contributed by atoms with Crippen molar-refractivity contribution in [3.8, 4) is 11.6 Å². The third-order valence-electron chi connectivity index (χ3n) is 5.35. The second-order valence-electron chi connectivity index (χ2n) is 7.79. The zero-order chi connectivity index (χ0) is 23.5. The molecule has 0 spiro atoms. The fourth-order valence-electron chi connectivity index (χ4n) is 3.57. The third kappa shape index (κ3) is 4.53. The molecule has 5 rings (SSSR count). The highest BCUT2D eigenvalue weighted by Crippen LogP contribution is 2.27. The normalized spacial score (nSPS) is 11.1. The van der Waals surface area contributed by atoms with Crippen molar-refractivity contribution in [3.63, 3.8) is 0 Å². The molecule has 0 bridgehead atoms. The van der Waals surface area contributed by atoms with Crippen LogP contribution in [0, 0.1) is 6.92 Å². The highest BCUT2D eigenvalue weighted by molar-refractivity contribution is 7.99. The van der Waals surface area contributed by atoms with Crippen LogP contribution in [0.5, 0.6) is 0 Å². The molecule has 2 aromatic heterocycles. The van der Waals surface area contributed by atoms with Crippen LogP contribution in [0.15, 0.2) is 93.3 Å². The van der Waals surface area contributed by atoms with Crippen LogP contribution in [0.2, 0.25) is 0 Å². The first-order chi connectivity index (χ1) is 16.6. The number of hydrogen-bond acceptors (Lipinski definition) is 7. The molecular formula is C26H20N4O3S. The van der Waals surface area contributed by atoms with E-state index in [1.807, 2.05) is 79.7 Å². The molecule has 34 heavy (non-hydrogen) atoms. The molecule has 7 nitrogen and oxygen atoms in total. The number of thioether (sulfide) groups is 1. The Morgan fingerprint density at radius 1 is 0.912 bits per heavy atom. The molecule has 0 N–H and O–H groups in total. The minimum atomic E-state index is -0.194. The average Bonchev–Trinajstić information content (AvgIpc) is 3.34. The Kier molecular flexibility index (Phi) is 6.05. The van der Waals surface area contributed by atoms with Crippen molar-refractivity contribution in [2.24, 2.45) is 0 Å². The highest BCUT2D eigenvalue weighted by Gasteiger charge is 2.18. The molecule has 0 saturated heterocycles. The number of carbonyl (C=O) groups is 1. The van der Waals surface area contributed by atoms with E-state index < -0.39 is 0 Å². The van der Waals surface area contributed by atoms with Gasteiger partial charge in [0.25, 0.3) is 16.7 Å². The highest BCUT2D eigenvalue weighted by atomic mass is 32.2. The van der Waals surface area contributed by atoms with E-state index in [4.69, 9.17) is 4.42 Å². The largest absolute Gasteiger partial charge is 0.409 e. The summed E-state index contributed by atoms with van der Waals surface area (Å²) in [6.07, 6.45) is 0. The van der Waals surface area contributed by atoms with Gasteiger partial charge in [-0.25, -0.2) is 4.68 Å². The minimum absolute atomic E-state index is 0.0234. The number of rotatable bonds is 7. The van der Waals surface area contributed by atoms with E-state index in [9.17, 15) is 9.59 Å². The molecule has 0 amide bonds. The van der Waals surface area contributed by atoms with Crippen LogP contribution < -0.4 is 5.56 Å². The zero-order valence-corrected chi connectivity index (χ0v) is 19.2. The van der Waals surface area contributed by atoms with Crippen LogP contribution in [0.1, 0.15) is 21.5 Å². The van der Waals surface area contributed by atoms with Crippen molar-refractivity contribution < 1.29 is 9.21 Å². The van der Waals surface area contributed by atoms with E-state index in [0.29, 0.717) is 28.6 Å². The van der Waals surface area contributed by atoms with Crippen LogP contribution in [0.3, 0.4) is 0 Å². The number of nitrogens with zero attached hydrogens (tertiary/aromatic N) is 4. The smallest absolute Gasteiger partial charge is 0.277 e. The Morgan fingerprint density at radius 3 is 2.38 bits per heavy atom. The molecule has 5 aromatic rings. The predicted molar refractivity (Wildman–Crippen MR) is 131 cm³/mol. The van der Waals surface area contributed by atoms with E-state index in [-0.39, 0.29) is 28.2 Å². The summed E-state index contributed by atoms with van der Waals surface area (Å²) in [6, 6.07) is 24.3. The summed E-state index contributed by atoms with van der Waals surface area (Å²) in [5, 5.41) is 14.2. The van der Waals surface area contributed by atoms with Gasteiger partial charge < -0.3 is 4.42 Å². The lowest BCUT2D eigenvalue weighted by atomic mass is 10.1. The first kappa shape index (κ1) is 21.8. The van der Waals surface area contributed by atoms with Gasteiger partial charge >= 0.3 is 0 Å². The number of aromatic nitrogens is 4. The van der Waals surface area contributed by atoms with Gasteiger partial charge in [0.05, 0.1) is 17.7 Å². The quantitative estimate of drug-likeness (QED) is 0.251. The maximum Gasteiger partial charge on any atom is 0.277 e. The van der Waals surface area contributed by atoms with Gasteiger partial charge in [0.1, 0.15) is 0 Å². The van der Waals surface area contributed by atoms with Gasteiger partial charge in [0.2, 0.25) is 0 Å². The molecule has 0 aliphatic heterocycles. The van der Waals surface area contributed by atoms with Crippen molar-refractivity contribution in [1.29, 1.82) is 0 Å². The van der Waals surface area contributed by atoms with Crippen molar-refractivity contribution in [2.45, 2.75) is 18.7 Å². The Hall–Kier alpha value is -4.04. The van der Waals surface area contributed by atoms with E-state index in [1.54, 1.807) is 6.07 Å². The van der Waals surface area contributed by atoms with Crippen LogP contribution in [-0.2, 0) is 6.54 Å². The maximum atomic E-state index is 13.0. The monoisotopic (exact) mass is 468 g/mol. The molecule has 0 saturated carbocycles. The summed E-state index contributed by atoms with van der Waals surface area (Å²) in [7, 11) is 0. The van der Waals surface area contributed by atoms with Crippen LogP contribution in [-0.4, -0.2) is 31.5 Å². The molecule has 8 heteroatoms. The lowest BCUT2D eigenvalue weighted by Crippen LogP contribution is -2.24. The molecule has 168 valence electrons. The Balaban J connectivity index is 1.44. The Morgan fingerprint density at radius 2 is 1.62 bits per heavy atom. The SMILES string of the molecule is Cc1ccc(C(=O)CSc2nnc(-c3nn(Cc4ccccc4)c(=O)c4ccccc34)o2)cc1. The number of ketones is 1. The summed E-state index contributed by atoms with van der Waals surface area (Å²) in [4.78, 5) is 25.5. The molecule has 0 atom stereocenters. The fraction of sp³-hybridized carbons (Fsp3) is 0.115. The van der Waals surface area contributed by atoms with Gasteiger partial charge in [0, 0.05) is 10.9 Å². The van der Waals surface area contributed by atoms with Crippen molar-refractivity contribution in [3.05, 3.63) is 106 Å². The van der Waals surface area contributed by atoms with E-state index >= 15 is 0 Å². The number of hydrogen-bond donors (Lipinski definition) is 0. The van der Waals surface area contributed by atoms with Crippen molar-refractivity contribution in [2.75, 3.05) is 5.75 Å². The van der Waals surface area contributed by atoms with Crippen molar-refractivity contribution >= 4 is 28.3 Å². The van der Waals surface area contributed by atoms with E-state index in [2.05, 4.69) is 15.3 Å². The van der Waals surface area contributed by atoms with E-state index in [1.165, 1.54) is 16.4 Å². The summed E-state index contributed by atoms with van der Waals surface area (Å²) >= 11 is 1.17. The van der Waals surface area contributed by atoms with Crippen LogP contribution in [0.25, 0.3) is 22.4 Å². The van der Waals surface area contributed by atoms with Gasteiger partial charge in [-0.05, 0) is 18.6 Å². The second-order valence-corrected chi connectivity index (χ2v) is 8.72. The zero-order valence-electron chi connectivity index (χ0n) is 18.3. The molecule has 0 unspecified atom stereocenters. The second kappa shape index (κ2) is 9.44. The molecule has 0 fully saturated rings. The summed E-state index contributed by atoms with van der Waals surface area (Å²) < 4.78 is 7.25. The number of aryl methyl sites for hydroxylation is 1. The van der Waals surface area contributed by atoms with Gasteiger partial charge in [-0.15, -0.1) is 10.2 Å². The first-order valence-corrected chi connectivity index (χ1v) is 11.7.